The first-order chi connectivity index (χ1) is 5.23. The molecule has 1 nitrogen and oxygen atoms in total. The molecule has 4 fully saturated rings. The molecule has 12 heavy (non-hydrogen) atoms. The SMILES string of the molecule is NC12CC3CC(CC(C3)C1)C2.[Na+]. The van der Waals surface area contributed by atoms with E-state index in [9.17, 15) is 0 Å². The molecule has 2 N–H and O–H groups in total. The molecular weight excluding hydrogens is 157 g/mol. The molecule has 4 aliphatic rings. The van der Waals surface area contributed by atoms with Gasteiger partial charge in [-0.1, -0.05) is 0 Å². The molecule has 0 unspecified atom stereocenters. The van der Waals surface area contributed by atoms with E-state index >= 15 is 0 Å². The van der Waals surface area contributed by atoms with Crippen LogP contribution in [0.15, 0.2) is 0 Å². The third-order valence-electron chi connectivity index (χ3n) is 4.09. The van der Waals surface area contributed by atoms with Crippen LogP contribution in [0, 0.1) is 17.8 Å². The van der Waals surface area contributed by atoms with Crippen LogP contribution < -0.4 is 35.3 Å². The van der Waals surface area contributed by atoms with E-state index in [1.165, 1.54) is 38.5 Å². The fourth-order valence-corrected chi connectivity index (χ4v) is 4.18. The van der Waals surface area contributed by atoms with Crippen molar-refractivity contribution in [3.05, 3.63) is 0 Å². The van der Waals surface area contributed by atoms with Gasteiger partial charge in [0.05, 0.1) is 0 Å². The smallest absolute Gasteiger partial charge is 0.325 e. The molecule has 0 aromatic carbocycles. The average molecular weight is 174 g/mol. The van der Waals surface area contributed by atoms with Crippen LogP contribution in [0.3, 0.4) is 0 Å². The first-order valence-electron chi connectivity index (χ1n) is 5.02. The summed E-state index contributed by atoms with van der Waals surface area (Å²) in [6, 6.07) is 0. The summed E-state index contributed by atoms with van der Waals surface area (Å²) in [4.78, 5) is 0. The average Bonchev–Trinajstić information content (AvgIpc) is 1.79. The summed E-state index contributed by atoms with van der Waals surface area (Å²) in [7, 11) is 0. The molecule has 0 spiro atoms. The normalized spacial score (nSPS) is 55.2. The summed E-state index contributed by atoms with van der Waals surface area (Å²) in [6.45, 7) is 0. The van der Waals surface area contributed by atoms with Crippen LogP contribution in [0.5, 0.6) is 0 Å². The van der Waals surface area contributed by atoms with Crippen LogP contribution in [-0.2, 0) is 0 Å². The standard InChI is InChI=1S/C10H17N.Na/c11-10-4-7-1-8(5-10)3-9(2-7)6-10;/h7-9H,1-6,11H2;/q;+1. The van der Waals surface area contributed by atoms with Gasteiger partial charge in [-0.15, -0.1) is 0 Å². The Morgan fingerprint density at radius 2 is 1.17 bits per heavy atom. The van der Waals surface area contributed by atoms with Gasteiger partial charge in [-0.25, -0.2) is 0 Å². The fourth-order valence-electron chi connectivity index (χ4n) is 4.18. The fraction of sp³-hybridized carbons (Fsp3) is 1.00. The number of hydrogen-bond donors (Lipinski definition) is 1. The van der Waals surface area contributed by atoms with Crippen LogP contribution >= 0.6 is 0 Å². The summed E-state index contributed by atoms with van der Waals surface area (Å²) in [5.41, 5.74) is 6.62. The van der Waals surface area contributed by atoms with E-state index in [1.807, 2.05) is 0 Å². The van der Waals surface area contributed by atoms with Gasteiger partial charge in [0.25, 0.3) is 0 Å². The van der Waals surface area contributed by atoms with Gasteiger partial charge in [-0.3, -0.25) is 0 Å². The minimum atomic E-state index is 0. The van der Waals surface area contributed by atoms with E-state index in [-0.39, 0.29) is 29.6 Å². The van der Waals surface area contributed by atoms with E-state index in [0.29, 0.717) is 5.54 Å². The van der Waals surface area contributed by atoms with Crippen molar-refractivity contribution in [2.75, 3.05) is 0 Å². The number of hydrogen-bond acceptors (Lipinski definition) is 1. The van der Waals surface area contributed by atoms with Gasteiger partial charge < -0.3 is 5.73 Å². The van der Waals surface area contributed by atoms with Gasteiger partial charge in [0, 0.05) is 5.54 Å². The molecule has 0 atom stereocenters. The minimum absolute atomic E-state index is 0. The Hall–Kier alpha value is 0.960. The Bertz CT molecular complexity index is 155. The zero-order chi connectivity index (χ0) is 7.47. The molecule has 2 heteroatoms. The zero-order valence-corrected chi connectivity index (χ0v) is 10.1. The van der Waals surface area contributed by atoms with Gasteiger partial charge in [0.2, 0.25) is 0 Å². The van der Waals surface area contributed by atoms with Crippen LogP contribution in [0.4, 0.5) is 0 Å². The summed E-state index contributed by atoms with van der Waals surface area (Å²) >= 11 is 0. The zero-order valence-electron chi connectivity index (χ0n) is 8.05. The third kappa shape index (κ3) is 1.39. The molecule has 4 bridgehead atoms. The molecule has 0 aliphatic heterocycles. The van der Waals surface area contributed by atoms with E-state index < -0.39 is 0 Å². The van der Waals surface area contributed by atoms with Crippen molar-refractivity contribution < 1.29 is 29.6 Å². The van der Waals surface area contributed by atoms with Crippen molar-refractivity contribution in [1.29, 1.82) is 0 Å². The summed E-state index contributed by atoms with van der Waals surface area (Å²) in [5, 5.41) is 0. The van der Waals surface area contributed by atoms with Crippen molar-refractivity contribution in [2.24, 2.45) is 23.5 Å². The van der Waals surface area contributed by atoms with E-state index in [2.05, 4.69) is 0 Å². The second kappa shape index (κ2) is 2.98. The van der Waals surface area contributed by atoms with E-state index in [4.69, 9.17) is 5.73 Å². The molecule has 4 rings (SSSR count). The van der Waals surface area contributed by atoms with Gasteiger partial charge in [0.15, 0.2) is 0 Å². The van der Waals surface area contributed by atoms with Crippen LogP contribution in [0.25, 0.3) is 0 Å². The second-order valence-corrected chi connectivity index (χ2v) is 5.28. The predicted octanol–water partition coefficient (Wildman–Crippen LogP) is -1.08. The summed E-state index contributed by atoms with van der Waals surface area (Å²) in [5.74, 6) is 3.06. The largest absolute Gasteiger partial charge is 1.00 e. The molecular formula is C10H17NNa+. The van der Waals surface area contributed by atoms with Crippen molar-refractivity contribution in [1.82, 2.24) is 0 Å². The summed E-state index contributed by atoms with van der Waals surface area (Å²) < 4.78 is 0. The molecule has 0 amide bonds. The maximum absolute atomic E-state index is 6.32. The monoisotopic (exact) mass is 174 g/mol. The number of nitrogens with two attached hydrogens (primary N) is 1. The molecule has 4 aliphatic carbocycles. The Morgan fingerprint density at radius 1 is 0.833 bits per heavy atom. The Kier molecular flexibility index (Phi) is 2.36. The van der Waals surface area contributed by atoms with Crippen LogP contribution in [0.2, 0.25) is 0 Å². The van der Waals surface area contributed by atoms with Crippen molar-refractivity contribution in [2.45, 2.75) is 44.1 Å². The van der Waals surface area contributed by atoms with Crippen LogP contribution in [0.1, 0.15) is 38.5 Å². The predicted molar refractivity (Wildman–Crippen MR) is 45.1 cm³/mol. The molecule has 62 valence electrons. The maximum Gasteiger partial charge on any atom is 1.00 e. The van der Waals surface area contributed by atoms with Gasteiger partial charge >= 0.3 is 29.6 Å². The van der Waals surface area contributed by atoms with E-state index in [1.54, 1.807) is 0 Å². The minimum Gasteiger partial charge on any atom is -0.325 e. The molecule has 0 heterocycles. The first-order valence-corrected chi connectivity index (χ1v) is 5.02. The summed E-state index contributed by atoms with van der Waals surface area (Å²) in [6.07, 6.45) is 8.57. The molecule has 0 radical (unpaired) electrons. The van der Waals surface area contributed by atoms with Gasteiger partial charge in [-0.05, 0) is 56.3 Å². The molecule has 0 aromatic heterocycles. The first kappa shape index (κ1) is 9.51. The van der Waals surface area contributed by atoms with Gasteiger partial charge in [-0.2, -0.15) is 0 Å². The van der Waals surface area contributed by atoms with E-state index in [0.717, 1.165) is 17.8 Å². The molecule has 0 saturated heterocycles. The quantitative estimate of drug-likeness (QED) is 0.464. The van der Waals surface area contributed by atoms with Crippen molar-refractivity contribution in [3.8, 4) is 0 Å². The second-order valence-electron chi connectivity index (χ2n) is 5.28. The Morgan fingerprint density at radius 3 is 1.42 bits per heavy atom. The van der Waals surface area contributed by atoms with Crippen molar-refractivity contribution >= 4 is 0 Å². The van der Waals surface area contributed by atoms with Crippen molar-refractivity contribution in [3.63, 3.8) is 0 Å². The topological polar surface area (TPSA) is 26.0 Å². The Balaban J connectivity index is 0.000000563. The molecule has 4 saturated carbocycles. The van der Waals surface area contributed by atoms with Gasteiger partial charge in [0.1, 0.15) is 0 Å². The maximum atomic E-state index is 6.32. The Labute approximate surface area is 96.8 Å². The molecule has 0 aromatic rings. The van der Waals surface area contributed by atoms with Crippen LogP contribution in [-0.4, -0.2) is 5.54 Å². The number of rotatable bonds is 0. The third-order valence-corrected chi connectivity index (χ3v) is 4.09.